The maximum Gasteiger partial charge on any atom is 0.0702 e. The van der Waals surface area contributed by atoms with Gasteiger partial charge in [0.1, 0.15) is 0 Å². The largest absolute Gasteiger partial charge is 0.338 e. The average Bonchev–Trinajstić information content (AvgIpc) is 3.01. The Bertz CT molecular complexity index is 742. The molecule has 2 heterocycles. The second-order valence-corrected chi connectivity index (χ2v) is 8.07. The fraction of sp³-hybridized carbons (Fsp3) is 0.294. The van der Waals surface area contributed by atoms with Gasteiger partial charge in [-0.25, -0.2) is 0 Å². The Hall–Kier alpha value is -1.10. The van der Waals surface area contributed by atoms with E-state index in [1.54, 1.807) is 11.3 Å². The molecular formula is C17H19BrN2S. The molecule has 1 N–H and O–H groups in total. The number of hydrogen-bond donors (Lipinski definition) is 1. The molecule has 21 heavy (non-hydrogen) atoms. The van der Waals surface area contributed by atoms with Crippen LogP contribution in [0.5, 0.6) is 0 Å². The summed E-state index contributed by atoms with van der Waals surface area (Å²) in [6, 6.07) is 15.7. The zero-order valence-electron chi connectivity index (χ0n) is 12.3. The Morgan fingerprint density at radius 2 is 2.00 bits per heavy atom. The van der Waals surface area contributed by atoms with E-state index in [-0.39, 0.29) is 0 Å². The summed E-state index contributed by atoms with van der Waals surface area (Å²) >= 11 is 5.35. The molecule has 0 saturated heterocycles. The van der Waals surface area contributed by atoms with Gasteiger partial charge in [0, 0.05) is 28.7 Å². The topological polar surface area (TPSA) is 17.0 Å². The van der Waals surface area contributed by atoms with Gasteiger partial charge >= 0.3 is 0 Å². The van der Waals surface area contributed by atoms with E-state index >= 15 is 0 Å². The molecule has 0 aliphatic carbocycles. The molecule has 3 aromatic rings. The Morgan fingerprint density at radius 3 is 2.71 bits per heavy atom. The highest BCUT2D eigenvalue weighted by atomic mass is 79.9. The van der Waals surface area contributed by atoms with Crippen LogP contribution in [0.25, 0.3) is 10.9 Å². The minimum Gasteiger partial charge on any atom is -0.338 e. The lowest BCUT2D eigenvalue weighted by atomic mass is 10.2. The molecule has 0 radical (unpaired) electrons. The summed E-state index contributed by atoms with van der Waals surface area (Å²) in [4.78, 5) is 1.37. The second-order valence-electron chi connectivity index (χ2n) is 5.52. The van der Waals surface area contributed by atoms with Crippen molar-refractivity contribution in [1.82, 2.24) is 9.88 Å². The van der Waals surface area contributed by atoms with Crippen LogP contribution in [0.2, 0.25) is 0 Å². The quantitative estimate of drug-likeness (QED) is 0.674. The van der Waals surface area contributed by atoms with Gasteiger partial charge < -0.3 is 9.88 Å². The lowest BCUT2D eigenvalue weighted by molar-refractivity contribution is 0.568. The fourth-order valence-corrected chi connectivity index (χ4v) is 3.97. The highest BCUT2D eigenvalue weighted by molar-refractivity contribution is 9.11. The number of halogens is 1. The van der Waals surface area contributed by atoms with Gasteiger partial charge in [-0.2, -0.15) is 0 Å². The molecule has 0 unspecified atom stereocenters. The van der Waals surface area contributed by atoms with E-state index in [0.29, 0.717) is 6.04 Å². The van der Waals surface area contributed by atoms with Gasteiger partial charge in [0.15, 0.2) is 0 Å². The van der Waals surface area contributed by atoms with E-state index < -0.39 is 0 Å². The monoisotopic (exact) mass is 362 g/mol. The molecule has 0 aliphatic heterocycles. The molecule has 0 fully saturated rings. The number of aromatic nitrogens is 1. The van der Waals surface area contributed by atoms with Crippen molar-refractivity contribution < 1.29 is 0 Å². The van der Waals surface area contributed by atoms with Gasteiger partial charge in [0.25, 0.3) is 0 Å². The molecule has 0 saturated carbocycles. The number of nitrogens with one attached hydrogen (secondary N) is 1. The Balaban J connectivity index is 1.98. The molecule has 0 aliphatic rings. The smallest absolute Gasteiger partial charge is 0.0702 e. The van der Waals surface area contributed by atoms with Crippen LogP contribution in [-0.2, 0) is 13.1 Å². The van der Waals surface area contributed by atoms with Crippen LogP contribution in [0.15, 0.2) is 46.3 Å². The third-order valence-corrected chi connectivity index (χ3v) is 5.14. The fourth-order valence-electron chi connectivity index (χ4n) is 2.50. The summed E-state index contributed by atoms with van der Waals surface area (Å²) in [5.41, 5.74) is 2.65. The molecule has 110 valence electrons. The van der Waals surface area contributed by atoms with E-state index in [4.69, 9.17) is 0 Å². The van der Waals surface area contributed by atoms with Crippen LogP contribution in [0.1, 0.15) is 24.4 Å². The van der Waals surface area contributed by atoms with Crippen LogP contribution < -0.4 is 5.32 Å². The minimum absolute atomic E-state index is 0.493. The van der Waals surface area contributed by atoms with Crippen molar-refractivity contribution in [3.8, 4) is 0 Å². The number of nitrogens with zero attached hydrogens (tertiary/aromatic N) is 1. The first kappa shape index (κ1) is 14.8. The third-order valence-electron chi connectivity index (χ3n) is 3.53. The first-order valence-corrected chi connectivity index (χ1v) is 8.79. The van der Waals surface area contributed by atoms with E-state index in [1.165, 1.54) is 25.3 Å². The summed E-state index contributed by atoms with van der Waals surface area (Å²) in [7, 11) is 0. The lowest BCUT2D eigenvalue weighted by Gasteiger charge is -2.12. The highest BCUT2D eigenvalue weighted by Gasteiger charge is 2.10. The van der Waals surface area contributed by atoms with E-state index in [2.05, 4.69) is 82.1 Å². The molecule has 4 heteroatoms. The molecule has 2 nitrogen and oxygen atoms in total. The number of thiophene rings is 1. The Labute approximate surface area is 137 Å². The van der Waals surface area contributed by atoms with Crippen molar-refractivity contribution in [2.45, 2.75) is 33.0 Å². The minimum atomic E-state index is 0.493. The third kappa shape index (κ3) is 3.39. The number of fused-ring (bicyclic) bond motifs is 1. The van der Waals surface area contributed by atoms with Crippen molar-refractivity contribution in [2.75, 3.05) is 0 Å². The van der Waals surface area contributed by atoms with E-state index in [0.717, 1.165) is 13.1 Å². The van der Waals surface area contributed by atoms with E-state index in [9.17, 15) is 0 Å². The molecule has 0 amide bonds. The molecule has 0 atom stereocenters. The zero-order chi connectivity index (χ0) is 14.8. The summed E-state index contributed by atoms with van der Waals surface area (Å²) in [6.45, 7) is 6.20. The lowest BCUT2D eigenvalue weighted by Crippen LogP contribution is -2.23. The van der Waals surface area contributed by atoms with Crippen molar-refractivity contribution in [1.29, 1.82) is 0 Å². The molecular weight excluding hydrogens is 344 g/mol. The Kier molecular flexibility index (Phi) is 4.48. The van der Waals surface area contributed by atoms with Gasteiger partial charge in [0.05, 0.1) is 10.3 Å². The first-order valence-electron chi connectivity index (χ1n) is 7.18. The van der Waals surface area contributed by atoms with Gasteiger partial charge in [-0.3, -0.25) is 0 Å². The molecule has 3 rings (SSSR count). The van der Waals surface area contributed by atoms with Gasteiger partial charge in [-0.15, -0.1) is 11.3 Å². The average molecular weight is 363 g/mol. The first-order chi connectivity index (χ1) is 10.1. The maximum atomic E-state index is 3.55. The molecule has 0 bridgehead atoms. The summed E-state index contributed by atoms with van der Waals surface area (Å²) < 4.78 is 3.61. The maximum absolute atomic E-state index is 3.55. The summed E-state index contributed by atoms with van der Waals surface area (Å²) in [5.74, 6) is 0. The van der Waals surface area contributed by atoms with Crippen molar-refractivity contribution in [3.63, 3.8) is 0 Å². The van der Waals surface area contributed by atoms with E-state index in [1.807, 2.05) is 0 Å². The van der Waals surface area contributed by atoms with Crippen LogP contribution >= 0.6 is 27.3 Å². The Morgan fingerprint density at radius 1 is 1.19 bits per heavy atom. The van der Waals surface area contributed by atoms with Gasteiger partial charge in [-0.1, -0.05) is 32.0 Å². The number of rotatable bonds is 5. The predicted octanol–water partition coefficient (Wildman–Crippen LogP) is 5.01. The number of para-hydroxylation sites is 1. The summed E-state index contributed by atoms with van der Waals surface area (Å²) in [5, 5.41) is 4.84. The van der Waals surface area contributed by atoms with Gasteiger partial charge in [0.2, 0.25) is 0 Å². The van der Waals surface area contributed by atoms with Crippen LogP contribution in [0.4, 0.5) is 0 Å². The normalized spacial score (nSPS) is 11.6. The van der Waals surface area contributed by atoms with Crippen LogP contribution in [-0.4, -0.2) is 10.6 Å². The standard InChI is InChI=1S/C17H19BrN2S/c1-12(2)19-10-14-9-13-5-3-4-6-16(13)20(14)11-15-7-8-17(18)21-15/h3-9,12,19H,10-11H2,1-2H3. The molecule has 2 aromatic heterocycles. The highest BCUT2D eigenvalue weighted by Crippen LogP contribution is 2.26. The summed E-state index contributed by atoms with van der Waals surface area (Å²) in [6.07, 6.45) is 0. The predicted molar refractivity (Wildman–Crippen MR) is 95.0 cm³/mol. The second kappa shape index (κ2) is 6.34. The SMILES string of the molecule is CC(C)NCc1cc2ccccc2n1Cc1ccc(Br)s1. The van der Waals surface area contributed by atoms with Crippen LogP contribution in [0, 0.1) is 0 Å². The van der Waals surface area contributed by atoms with Gasteiger partial charge in [-0.05, 0) is 45.6 Å². The van der Waals surface area contributed by atoms with Crippen LogP contribution in [0.3, 0.4) is 0 Å². The zero-order valence-corrected chi connectivity index (χ0v) is 14.7. The van der Waals surface area contributed by atoms with Crippen molar-refractivity contribution in [3.05, 3.63) is 56.8 Å². The van der Waals surface area contributed by atoms with Crippen molar-refractivity contribution >= 4 is 38.2 Å². The number of hydrogen-bond acceptors (Lipinski definition) is 2. The molecule has 1 aromatic carbocycles. The molecule has 0 spiro atoms. The van der Waals surface area contributed by atoms with Crippen molar-refractivity contribution in [2.24, 2.45) is 0 Å². The number of benzene rings is 1.